The molecule has 0 atom stereocenters. The Hall–Kier alpha value is -3.73. The van der Waals surface area contributed by atoms with Gasteiger partial charge in [-0.15, -0.1) is 0 Å². The van der Waals surface area contributed by atoms with Crippen molar-refractivity contribution in [2.75, 3.05) is 18.5 Å². The smallest absolute Gasteiger partial charge is 0.270 e. The molecular weight excluding hydrogens is 407 g/mol. The van der Waals surface area contributed by atoms with Crippen LogP contribution >= 0.6 is 0 Å². The van der Waals surface area contributed by atoms with Crippen molar-refractivity contribution in [1.29, 1.82) is 0 Å². The van der Waals surface area contributed by atoms with Gasteiger partial charge in [-0.2, -0.15) is 0 Å². The summed E-state index contributed by atoms with van der Waals surface area (Å²) in [4.78, 5) is 40.8. The van der Waals surface area contributed by atoms with Crippen molar-refractivity contribution in [2.24, 2.45) is 4.99 Å². The van der Waals surface area contributed by atoms with Gasteiger partial charge in [0.15, 0.2) is 18.3 Å². The summed E-state index contributed by atoms with van der Waals surface area (Å²) in [6.45, 7) is 3.56. The average Bonchev–Trinajstić information content (AvgIpc) is 3.11. The van der Waals surface area contributed by atoms with Gasteiger partial charge in [0.05, 0.1) is 12.2 Å². The van der Waals surface area contributed by atoms with E-state index in [0.29, 0.717) is 17.0 Å². The van der Waals surface area contributed by atoms with Gasteiger partial charge in [0.25, 0.3) is 17.7 Å². The third kappa shape index (κ3) is 4.26. The first-order chi connectivity index (χ1) is 14.8. The Labute approximate surface area is 177 Å². The van der Waals surface area contributed by atoms with Crippen LogP contribution < -0.4 is 26.1 Å². The quantitative estimate of drug-likeness (QED) is 0.540. The van der Waals surface area contributed by atoms with Crippen LogP contribution in [0.2, 0.25) is 0 Å². The summed E-state index contributed by atoms with van der Waals surface area (Å²) in [6, 6.07) is 5.00. The largest absolute Gasteiger partial charge is 0.482 e. The van der Waals surface area contributed by atoms with Crippen molar-refractivity contribution in [3.8, 4) is 5.75 Å². The summed E-state index contributed by atoms with van der Waals surface area (Å²) >= 11 is 0. The predicted molar refractivity (Wildman–Crippen MR) is 109 cm³/mol. The number of nitrogens with zero attached hydrogens (tertiary/aromatic N) is 2. The number of nitrogens with one attached hydrogen (secondary N) is 4. The number of carbonyl (C=O) groups is 3. The Kier molecular flexibility index (Phi) is 5.42. The van der Waals surface area contributed by atoms with E-state index >= 15 is 0 Å². The van der Waals surface area contributed by atoms with Crippen LogP contribution in [0.3, 0.4) is 0 Å². The lowest BCUT2D eigenvalue weighted by atomic mass is 10.1. The summed E-state index contributed by atoms with van der Waals surface area (Å²) < 4.78 is 19.5. The summed E-state index contributed by atoms with van der Waals surface area (Å²) in [5.41, 5.74) is 3.95. The molecule has 0 aliphatic carbocycles. The number of benzene rings is 1. The van der Waals surface area contributed by atoms with Gasteiger partial charge in [-0.05, 0) is 31.5 Å². The number of carbonyl (C=O) groups excluding carboxylic acids is 3. The Morgan fingerprint density at radius 3 is 2.90 bits per heavy atom. The third-order valence-electron chi connectivity index (χ3n) is 4.60. The van der Waals surface area contributed by atoms with E-state index in [1.807, 2.05) is 0 Å². The summed E-state index contributed by atoms with van der Waals surface area (Å²) in [5.74, 6) is -1.42. The van der Waals surface area contributed by atoms with Crippen LogP contribution in [0, 0.1) is 0 Å². The molecule has 162 valence electrons. The zero-order chi connectivity index (χ0) is 22.1. The number of fused-ring (bicyclic) bond motifs is 2. The van der Waals surface area contributed by atoms with Crippen LogP contribution in [0.1, 0.15) is 19.4 Å². The minimum Gasteiger partial charge on any atom is -0.482 e. The second-order valence-corrected chi connectivity index (χ2v) is 7.40. The fourth-order valence-corrected chi connectivity index (χ4v) is 3.21. The SMILES string of the molecule is CC(C)NC(=O)C1=CC(C(=O)NCc2ccc3c(c2)NC(=O)CO3)=NC2=C(F)CNN12. The van der Waals surface area contributed by atoms with E-state index in [1.165, 1.54) is 11.1 Å². The summed E-state index contributed by atoms with van der Waals surface area (Å²) in [6.07, 6.45) is 1.31. The minimum absolute atomic E-state index is 0.0414. The van der Waals surface area contributed by atoms with Gasteiger partial charge < -0.3 is 20.7 Å². The van der Waals surface area contributed by atoms with Crippen LogP contribution in [0.15, 0.2) is 46.6 Å². The molecule has 3 heterocycles. The van der Waals surface area contributed by atoms with Crippen LogP contribution in [0.5, 0.6) is 5.75 Å². The van der Waals surface area contributed by atoms with Crippen LogP contribution in [0.4, 0.5) is 10.1 Å². The van der Waals surface area contributed by atoms with Gasteiger partial charge in [0, 0.05) is 18.7 Å². The van der Waals surface area contributed by atoms with Crippen LogP contribution in [0.25, 0.3) is 0 Å². The van der Waals surface area contributed by atoms with Crippen LogP contribution in [-0.2, 0) is 20.9 Å². The fraction of sp³-hybridized carbons (Fsp3) is 0.300. The number of halogens is 1. The van der Waals surface area contributed by atoms with E-state index in [0.717, 1.165) is 0 Å². The minimum atomic E-state index is -0.571. The molecule has 0 fully saturated rings. The zero-order valence-corrected chi connectivity index (χ0v) is 16.9. The molecular formula is C20H21FN6O4. The third-order valence-corrected chi connectivity index (χ3v) is 4.60. The molecule has 1 aromatic carbocycles. The lowest BCUT2D eigenvalue weighted by molar-refractivity contribution is -0.120. The molecule has 4 rings (SSSR count). The number of hydrogen-bond acceptors (Lipinski definition) is 7. The molecule has 0 saturated carbocycles. The maximum atomic E-state index is 14.2. The van der Waals surface area contributed by atoms with Gasteiger partial charge in [0.2, 0.25) is 0 Å². The highest BCUT2D eigenvalue weighted by molar-refractivity contribution is 6.44. The predicted octanol–water partition coefficient (Wildman–Crippen LogP) is 0.456. The van der Waals surface area contributed by atoms with E-state index in [4.69, 9.17) is 4.74 Å². The maximum Gasteiger partial charge on any atom is 0.270 e. The summed E-state index contributed by atoms with van der Waals surface area (Å²) in [7, 11) is 0. The molecule has 3 aliphatic heterocycles. The van der Waals surface area contributed by atoms with E-state index < -0.39 is 17.6 Å². The molecule has 3 aliphatic rings. The Balaban J connectivity index is 1.51. The summed E-state index contributed by atoms with van der Waals surface area (Å²) in [5, 5.41) is 9.35. The number of hydrogen-bond donors (Lipinski definition) is 4. The zero-order valence-electron chi connectivity index (χ0n) is 16.9. The van der Waals surface area contributed by atoms with Crippen molar-refractivity contribution >= 4 is 29.1 Å². The molecule has 0 radical (unpaired) electrons. The Morgan fingerprint density at radius 1 is 1.32 bits per heavy atom. The second kappa shape index (κ2) is 8.19. The van der Waals surface area contributed by atoms with Crippen molar-refractivity contribution < 1.29 is 23.5 Å². The molecule has 0 bridgehead atoms. The lowest BCUT2D eigenvalue weighted by Gasteiger charge is -2.26. The second-order valence-electron chi connectivity index (χ2n) is 7.40. The van der Waals surface area contributed by atoms with Crippen molar-refractivity contribution in [3.63, 3.8) is 0 Å². The van der Waals surface area contributed by atoms with Gasteiger partial charge in [-0.1, -0.05) is 6.07 Å². The van der Waals surface area contributed by atoms with Gasteiger partial charge >= 0.3 is 0 Å². The molecule has 3 amide bonds. The maximum absolute atomic E-state index is 14.2. The van der Waals surface area contributed by atoms with E-state index in [1.54, 1.807) is 32.0 Å². The van der Waals surface area contributed by atoms with E-state index in [9.17, 15) is 18.8 Å². The normalized spacial score (nSPS) is 17.3. The number of aliphatic imine (C=N–C) groups is 1. The fourth-order valence-electron chi connectivity index (χ4n) is 3.21. The average molecular weight is 428 g/mol. The van der Waals surface area contributed by atoms with Gasteiger partial charge in [0.1, 0.15) is 17.2 Å². The Morgan fingerprint density at radius 2 is 2.13 bits per heavy atom. The lowest BCUT2D eigenvalue weighted by Crippen LogP contribution is -2.44. The molecule has 0 aromatic heterocycles. The molecule has 0 spiro atoms. The first-order valence-corrected chi connectivity index (χ1v) is 9.69. The molecule has 10 nitrogen and oxygen atoms in total. The highest BCUT2D eigenvalue weighted by Crippen LogP contribution is 2.29. The molecule has 0 saturated heterocycles. The number of amides is 3. The molecule has 1 aromatic rings. The monoisotopic (exact) mass is 428 g/mol. The molecule has 0 unspecified atom stereocenters. The van der Waals surface area contributed by atoms with Crippen molar-refractivity contribution in [1.82, 2.24) is 21.1 Å². The van der Waals surface area contributed by atoms with Crippen molar-refractivity contribution in [3.05, 3.63) is 47.2 Å². The first-order valence-electron chi connectivity index (χ1n) is 9.69. The number of anilines is 1. The molecule has 31 heavy (non-hydrogen) atoms. The highest BCUT2D eigenvalue weighted by atomic mass is 19.1. The highest BCUT2D eigenvalue weighted by Gasteiger charge is 2.34. The molecule has 4 N–H and O–H groups in total. The first kappa shape index (κ1) is 20.5. The van der Waals surface area contributed by atoms with Crippen LogP contribution in [-0.4, -0.2) is 47.6 Å². The Bertz CT molecular complexity index is 1060. The number of hydrazine groups is 1. The van der Waals surface area contributed by atoms with E-state index in [2.05, 4.69) is 26.4 Å². The topological polar surface area (TPSA) is 124 Å². The van der Waals surface area contributed by atoms with Gasteiger partial charge in [-0.25, -0.2) is 14.8 Å². The number of rotatable bonds is 5. The number of ether oxygens (including phenoxy) is 1. The standard InChI is InChI=1S/C20H21FN6O4/c1-10(2)24-20(30)15-6-14(26-18-12(21)8-23-27(15)18)19(29)22-7-11-3-4-16-13(5-11)25-17(28)9-31-16/h3-6,10,23H,7-9H2,1-2H3,(H,22,29)(H,24,30)(H,25,28). The van der Waals surface area contributed by atoms with E-state index in [-0.39, 0.29) is 48.9 Å². The van der Waals surface area contributed by atoms with Gasteiger partial charge in [-0.3, -0.25) is 19.4 Å². The molecule has 11 heteroatoms. The van der Waals surface area contributed by atoms with Crippen molar-refractivity contribution in [2.45, 2.75) is 26.4 Å².